The minimum absolute atomic E-state index is 0.706. The average molecular weight is 329 g/mol. The summed E-state index contributed by atoms with van der Waals surface area (Å²) in [6, 6.07) is 28.6. The number of nitrogens with zero attached hydrogens (tertiary/aromatic N) is 1. The van der Waals surface area contributed by atoms with Gasteiger partial charge in [0, 0.05) is 5.56 Å². The van der Waals surface area contributed by atoms with Crippen molar-refractivity contribution >= 4 is 18.4 Å². The molecule has 1 aliphatic rings. The number of benzene rings is 3. The van der Waals surface area contributed by atoms with Crippen LogP contribution in [0.25, 0.3) is 0 Å². The lowest BCUT2D eigenvalue weighted by atomic mass is 9.61. The Morgan fingerprint density at radius 3 is 2.20 bits per heavy atom. The van der Waals surface area contributed by atoms with E-state index < -0.39 is 6.69 Å². The molecule has 0 aliphatic carbocycles. The van der Waals surface area contributed by atoms with Crippen molar-refractivity contribution in [2.24, 2.45) is 0 Å². The van der Waals surface area contributed by atoms with Crippen LogP contribution in [0.2, 0.25) is 0 Å². The molecular formula is C21H20BNO2. The Hall–Kier alpha value is -2.85. The fourth-order valence-corrected chi connectivity index (χ4v) is 3.45. The van der Waals surface area contributed by atoms with Crippen molar-refractivity contribution in [2.45, 2.75) is 6.54 Å². The normalized spacial score (nSPS) is 18.8. The molecule has 0 fully saturated rings. The van der Waals surface area contributed by atoms with E-state index in [1.54, 1.807) is 7.11 Å². The van der Waals surface area contributed by atoms with Crippen LogP contribution in [0, 0.1) is 0 Å². The molecule has 3 aromatic carbocycles. The summed E-state index contributed by atoms with van der Waals surface area (Å²) in [5.41, 5.74) is 3.29. The van der Waals surface area contributed by atoms with Crippen LogP contribution >= 0.6 is 0 Å². The first-order chi connectivity index (χ1) is 12.3. The van der Waals surface area contributed by atoms with Gasteiger partial charge in [-0.2, -0.15) is 0 Å². The van der Waals surface area contributed by atoms with Crippen LogP contribution in [0.3, 0.4) is 0 Å². The highest BCUT2D eigenvalue weighted by Crippen LogP contribution is 2.26. The van der Waals surface area contributed by atoms with Gasteiger partial charge in [-0.05, 0) is 19.2 Å². The molecule has 4 heteroatoms. The maximum atomic E-state index is 6.47. The first kappa shape index (κ1) is 15.7. The summed E-state index contributed by atoms with van der Waals surface area (Å²) >= 11 is 0. The van der Waals surface area contributed by atoms with Crippen molar-refractivity contribution in [3.8, 4) is 5.75 Å². The molecule has 0 bridgehead atoms. The third-order valence-electron chi connectivity index (χ3n) is 4.70. The molecule has 0 saturated carbocycles. The molecule has 25 heavy (non-hydrogen) atoms. The highest BCUT2D eigenvalue weighted by Gasteiger charge is 2.48. The molecule has 3 aromatic rings. The molecule has 3 nitrogen and oxygen atoms in total. The second kappa shape index (κ2) is 6.57. The summed E-state index contributed by atoms with van der Waals surface area (Å²) in [5.74, 6) is 0.845. The van der Waals surface area contributed by atoms with E-state index in [-0.39, 0.29) is 0 Å². The number of para-hydroxylation sites is 1. The van der Waals surface area contributed by atoms with Gasteiger partial charge in [-0.1, -0.05) is 78.3 Å². The summed E-state index contributed by atoms with van der Waals surface area (Å²) in [7, 11) is 1.72. The zero-order valence-electron chi connectivity index (χ0n) is 14.2. The van der Waals surface area contributed by atoms with Crippen molar-refractivity contribution in [1.82, 2.24) is 0 Å². The van der Waals surface area contributed by atoms with Gasteiger partial charge >= 0.3 is 6.69 Å². The van der Waals surface area contributed by atoms with E-state index in [0.717, 1.165) is 16.8 Å². The quantitative estimate of drug-likeness (QED) is 0.686. The van der Waals surface area contributed by atoms with Crippen LogP contribution in [-0.4, -0.2) is 24.5 Å². The van der Waals surface area contributed by atoms with E-state index in [1.165, 1.54) is 5.56 Å². The molecule has 0 amide bonds. The van der Waals surface area contributed by atoms with Crippen molar-refractivity contribution in [2.75, 3.05) is 7.11 Å². The third kappa shape index (κ3) is 2.85. The van der Waals surface area contributed by atoms with Crippen LogP contribution in [0.1, 0.15) is 11.1 Å². The lowest BCUT2D eigenvalue weighted by Gasteiger charge is -2.40. The zero-order valence-corrected chi connectivity index (χ0v) is 14.2. The molecule has 1 heterocycles. The average Bonchev–Trinajstić information content (AvgIpc) is 2.69. The second-order valence-electron chi connectivity index (χ2n) is 6.26. The Morgan fingerprint density at radius 1 is 0.840 bits per heavy atom. The summed E-state index contributed by atoms with van der Waals surface area (Å²) in [6.07, 6.45) is 2.14. The molecule has 1 aliphatic heterocycles. The highest BCUT2D eigenvalue weighted by molar-refractivity contribution is 6.75. The number of fused-ring (bicyclic) bond motifs is 1. The van der Waals surface area contributed by atoms with Crippen LogP contribution in [0.4, 0.5) is 0 Å². The zero-order chi connectivity index (χ0) is 17.1. The summed E-state index contributed by atoms with van der Waals surface area (Å²) < 4.78 is 14.7. The minimum atomic E-state index is -1.82. The molecule has 0 saturated heterocycles. The van der Waals surface area contributed by atoms with Crippen molar-refractivity contribution in [1.29, 1.82) is 0 Å². The van der Waals surface area contributed by atoms with E-state index in [4.69, 9.17) is 9.31 Å². The lowest BCUT2D eigenvalue weighted by molar-refractivity contribution is -0.442. The first-order valence-corrected chi connectivity index (χ1v) is 8.50. The number of hydrogen-bond donors (Lipinski definition) is 0. The number of hydrogen-bond acceptors (Lipinski definition) is 2. The van der Waals surface area contributed by atoms with E-state index in [1.807, 2.05) is 42.5 Å². The Labute approximate surface area is 148 Å². The predicted octanol–water partition coefficient (Wildman–Crippen LogP) is 3.20. The first-order valence-electron chi connectivity index (χ1n) is 8.50. The van der Waals surface area contributed by atoms with Gasteiger partial charge in [-0.3, -0.25) is 0 Å². The summed E-state index contributed by atoms with van der Waals surface area (Å²) in [4.78, 5) is 0. The van der Waals surface area contributed by atoms with Gasteiger partial charge in [0.25, 0.3) is 0 Å². The maximum absolute atomic E-state index is 6.47. The molecular weight excluding hydrogens is 309 g/mol. The molecule has 124 valence electrons. The van der Waals surface area contributed by atoms with Crippen molar-refractivity contribution in [3.05, 3.63) is 96.1 Å². The van der Waals surface area contributed by atoms with E-state index in [2.05, 4.69) is 53.2 Å². The van der Waals surface area contributed by atoms with Crippen molar-refractivity contribution < 1.29 is 13.8 Å². The van der Waals surface area contributed by atoms with Crippen LogP contribution in [-0.2, 0) is 11.2 Å². The lowest BCUT2D eigenvalue weighted by Crippen LogP contribution is -2.66. The van der Waals surface area contributed by atoms with Gasteiger partial charge in [-0.15, -0.1) is 0 Å². The third-order valence-corrected chi connectivity index (χ3v) is 4.70. The Morgan fingerprint density at radius 2 is 1.48 bits per heavy atom. The van der Waals surface area contributed by atoms with Gasteiger partial charge in [0.15, 0.2) is 0 Å². The largest absolute Gasteiger partial charge is 0.630 e. The van der Waals surface area contributed by atoms with Crippen molar-refractivity contribution in [3.63, 3.8) is 0 Å². The van der Waals surface area contributed by atoms with Crippen LogP contribution in [0.5, 0.6) is 5.75 Å². The Balaban J connectivity index is 1.86. The fraction of sp³-hybridized carbons (Fsp3) is 0.0952. The molecule has 0 radical (unpaired) electrons. The fourth-order valence-electron chi connectivity index (χ4n) is 3.45. The smallest absolute Gasteiger partial charge is 0.624 e. The second-order valence-corrected chi connectivity index (χ2v) is 6.26. The molecule has 1 atom stereocenters. The topological polar surface area (TPSA) is 21.5 Å². The van der Waals surface area contributed by atoms with Gasteiger partial charge in [0.2, 0.25) is 0 Å². The Kier molecular flexibility index (Phi) is 4.12. The molecule has 0 aromatic heterocycles. The summed E-state index contributed by atoms with van der Waals surface area (Å²) in [5, 5.41) is 0. The van der Waals surface area contributed by atoms with Gasteiger partial charge < -0.3 is 13.8 Å². The monoisotopic (exact) mass is 329 g/mol. The predicted molar refractivity (Wildman–Crippen MR) is 101 cm³/mol. The highest BCUT2D eigenvalue weighted by atomic mass is 16.6. The molecule has 4 rings (SSSR count). The van der Waals surface area contributed by atoms with E-state index >= 15 is 0 Å². The Bertz CT molecular complexity index is 896. The molecule has 0 N–H and O–H groups in total. The van der Waals surface area contributed by atoms with Crippen LogP contribution in [0.15, 0.2) is 84.9 Å². The van der Waals surface area contributed by atoms with Gasteiger partial charge in [0.05, 0.1) is 11.3 Å². The standard InChI is InChI=1S/C21H20BNO2/c1-24-22(20-13-6-3-7-14-20)23(16-18-10-4-2-5-11-18)17-19-12-8-9-15-21(19)25-22/h2-15,17H,16H2,1H3/t22-/m0/s1. The number of rotatable bonds is 4. The maximum Gasteiger partial charge on any atom is 0.624 e. The van der Waals surface area contributed by atoms with E-state index in [9.17, 15) is 0 Å². The summed E-state index contributed by atoms with van der Waals surface area (Å²) in [6.45, 7) is -1.11. The SMILES string of the molecule is CO[B@@-]1(c2ccccc2)Oc2ccccc2C=[N+]1Cc1ccccc1. The van der Waals surface area contributed by atoms with Crippen LogP contribution < -0.4 is 10.1 Å². The van der Waals surface area contributed by atoms with E-state index in [0.29, 0.717) is 6.54 Å². The minimum Gasteiger partial charge on any atom is -0.630 e. The van der Waals surface area contributed by atoms with Gasteiger partial charge in [-0.25, -0.2) is 0 Å². The molecule has 0 unspecified atom stereocenters. The molecule has 0 spiro atoms. The van der Waals surface area contributed by atoms with Gasteiger partial charge in [0.1, 0.15) is 12.8 Å².